The fraction of sp³-hybridized carbons (Fsp3) is 0.462. The van der Waals surface area contributed by atoms with Crippen molar-refractivity contribution in [1.82, 2.24) is 5.32 Å². The summed E-state index contributed by atoms with van der Waals surface area (Å²) in [6.45, 7) is 2.75. The van der Waals surface area contributed by atoms with E-state index in [1.165, 1.54) is 12.8 Å². The molecule has 0 aromatic heterocycles. The second-order valence-electron chi connectivity index (χ2n) is 4.56. The van der Waals surface area contributed by atoms with E-state index in [4.69, 9.17) is 5.73 Å². The molecule has 0 radical (unpaired) electrons. The molecule has 3 nitrogen and oxygen atoms in total. The monoisotopic (exact) mass is 218 g/mol. The van der Waals surface area contributed by atoms with Crippen LogP contribution in [-0.2, 0) is 0 Å². The molecule has 0 spiro atoms. The number of amides is 1. The number of carbonyl (C=O) groups is 1. The van der Waals surface area contributed by atoms with Gasteiger partial charge in [-0.15, -0.1) is 0 Å². The van der Waals surface area contributed by atoms with Crippen molar-refractivity contribution in [3.05, 3.63) is 35.4 Å². The van der Waals surface area contributed by atoms with E-state index in [2.05, 4.69) is 5.32 Å². The largest absolute Gasteiger partial charge is 0.352 e. The summed E-state index contributed by atoms with van der Waals surface area (Å²) in [4.78, 5) is 11.7. The topological polar surface area (TPSA) is 55.1 Å². The van der Waals surface area contributed by atoms with Crippen molar-refractivity contribution in [2.24, 2.45) is 11.7 Å². The number of benzene rings is 1. The predicted molar refractivity (Wildman–Crippen MR) is 64.1 cm³/mol. The second kappa shape index (κ2) is 4.66. The SMILES string of the molecule is CC(N)c1ccc(C(=O)NCC2CC2)cc1. The summed E-state index contributed by atoms with van der Waals surface area (Å²) in [5, 5.41) is 2.94. The molecule has 1 unspecified atom stereocenters. The van der Waals surface area contributed by atoms with Gasteiger partial charge in [-0.05, 0) is 43.4 Å². The van der Waals surface area contributed by atoms with Crippen LogP contribution in [0.2, 0.25) is 0 Å². The van der Waals surface area contributed by atoms with Gasteiger partial charge in [-0.25, -0.2) is 0 Å². The number of nitrogens with two attached hydrogens (primary N) is 1. The Morgan fingerprint density at radius 2 is 2.06 bits per heavy atom. The lowest BCUT2D eigenvalue weighted by molar-refractivity contribution is 0.0952. The fourth-order valence-corrected chi connectivity index (χ4v) is 1.60. The third kappa shape index (κ3) is 2.83. The molecule has 0 aliphatic heterocycles. The Kier molecular flexibility index (Phi) is 3.25. The summed E-state index contributed by atoms with van der Waals surface area (Å²) < 4.78 is 0. The van der Waals surface area contributed by atoms with E-state index in [1.807, 2.05) is 31.2 Å². The summed E-state index contributed by atoms with van der Waals surface area (Å²) in [6, 6.07) is 7.51. The average Bonchev–Trinajstić information content (AvgIpc) is 3.10. The van der Waals surface area contributed by atoms with Crippen molar-refractivity contribution in [1.29, 1.82) is 0 Å². The maximum atomic E-state index is 11.7. The standard InChI is InChI=1S/C13H18N2O/c1-9(14)11-4-6-12(7-5-11)13(16)15-8-10-2-3-10/h4-7,9-10H,2-3,8,14H2,1H3,(H,15,16). The maximum Gasteiger partial charge on any atom is 0.251 e. The van der Waals surface area contributed by atoms with E-state index in [9.17, 15) is 4.79 Å². The molecule has 86 valence electrons. The van der Waals surface area contributed by atoms with Crippen molar-refractivity contribution in [2.45, 2.75) is 25.8 Å². The molecular formula is C13H18N2O. The smallest absolute Gasteiger partial charge is 0.251 e. The van der Waals surface area contributed by atoms with Gasteiger partial charge in [-0.2, -0.15) is 0 Å². The van der Waals surface area contributed by atoms with E-state index in [0.717, 1.165) is 12.1 Å². The summed E-state index contributed by atoms with van der Waals surface area (Å²) >= 11 is 0. The van der Waals surface area contributed by atoms with Gasteiger partial charge in [0.15, 0.2) is 0 Å². The quantitative estimate of drug-likeness (QED) is 0.810. The van der Waals surface area contributed by atoms with Crippen molar-refractivity contribution in [3.63, 3.8) is 0 Å². The Labute approximate surface area is 96.0 Å². The Hall–Kier alpha value is -1.35. The fourth-order valence-electron chi connectivity index (χ4n) is 1.60. The van der Waals surface area contributed by atoms with Crippen molar-refractivity contribution < 1.29 is 4.79 Å². The van der Waals surface area contributed by atoms with Crippen LogP contribution in [-0.4, -0.2) is 12.5 Å². The molecule has 0 bridgehead atoms. The molecule has 1 aliphatic rings. The summed E-state index contributed by atoms with van der Waals surface area (Å²) in [5.74, 6) is 0.732. The first-order chi connectivity index (χ1) is 7.66. The lowest BCUT2D eigenvalue weighted by Gasteiger charge is -2.07. The number of hydrogen-bond donors (Lipinski definition) is 2. The van der Waals surface area contributed by atoms with Crippen LogP contribution in [0.15, 0.2) is 24.3 Å². The lowest BCUT2D eigenvalue weighted by atomic mass is 10.1. The Bertz CT molecular complexity index is 366. The molecule has 3 heteroatoms. The summed E-state index contributed by atoms with van der Waals surface area (Å²) in [6.07, 6.45) is 2.51. The molecule has 0 heterocycles. The van der Waals surface area contributed by atoms with E-state index in [0.29, 0.717) is 11.5 Å². The van der Waals surface area contributed by atoms with Crippen LogP contribution in [0.3, 0.4) is 0 Å². The molecule has 1 saturated carbocycles. The zero-order chi connectivity index (χ0) is 11.5. The van der Waals surface area contributed by atoms with Crippen molar-refractivity contribution >= 4 is 5.91 Å². The number of nitrogens with one attached hydrogen (secondary N) is 1. The molecule has 1 aromatic carbocycles. The molecule has 16 heavy (non-hydrogen) atoms. The van der Waals surface area contributed by atoms with Crippen molar-refractivity contribution in [2.75, 3.05) is 6.54 Å². The first-order valence-electron chi connectivity index (χ1n) is 5.80. The Morgan fingerprint density at radius 1 is 1.44 bits per heavy atom. The highest BCUT2D eigenvalue weighted by molar-refractivity contribution is 5.94. The van der Waals surface area contributed by atoms with Gasteiger partial charge in [0.05, 0.1) is 0 Å². The molecule has 1 amide bonds. The average molecular weight is 218 g/mol. The van der Waals surface area contributed by atoms with Crippen LogP contribution in [0.1, 0.15) is 41.7 Å². The molecular weight excluding hydrogens is 200 g/mol. The third-order valence-electron chi connectivity index (χ3n) is 2.95. The third-order valence-corrected chi connectivity index (χ3v) is 2.95. The minimum absolute atomic E-state index is 0.0168. The van der Waals surface area contributed by atoms with Gasteiger partial charge in [0, 0.05) is 18.2 Å². The number of carbonyl (C=O) groups excluding carboxylic acids is 1. The van der Waals surface area contributed by atoms with Gasteiger partial charge in [-0.3, -0.25) is 4.79 Å². The van der Waals surface area contributed by atoms with Gasteiger partial charge in [0.25, 0.3) is 5.91 Å². The summed E-state index contributed by atoms with van der Waals surface area (Å²) in [5.41, 5.74) is 7.51. The van der Waals surface area contributed by atoms with Crippen LogP contribution in [0, 0.1) is 5.92 Å². The maximum absolute atomic E-state index is 11.7. The van der Waals surface area contributed by atoms with Crippen LogP contribution < -0.4 is 11.1 Å². The van der Waals surface area contributed by atoms with E-state index in [1.54, 1.807) is 0 Å². The van der Waals surface area contributed by atoms with E-state index in [-0.39, 0.29) is 11.9 Å². The number of rotatable bonds is 4. The molecule has 1 aliphatic carbocycles. The normalized spacial score (nSPS) is 16.9. The highest BCUT2D eigenvalue weighted by Gasteiger charge is 2.21. The van der Waals surface area contributed by atoms with Gasteiger partial charge >= 0.3 is 0 Å². The van der Waals surface area contributed by atoms with Gasteiger partial charge in [0.2, 0.25) is 0 Å². The number of hydrogen-bond acceptors (Lipinski definition) is 2. The zero-order valence-electron chi connectivity index (χ0n) is 9.57. The van der Waals surface area contributed by atoms with Crippen molar-refractivity contribution in [3.8, 4) is 0 Å². The Morgan fingerprint density at radius 3 is 2.56 bits per heavy atom. The highest BCUT2D eigenvalue weighted by atomic mass is 16.1. The zero-order valence-corrected chi connectivity index (χ0v) is 9.57. The lowest BCUT2D eigenvalue weighted by Crippen LogP contribution is -2.25. The summed E-state index contributed by atoms with van der Waals surface area (Å²) in [7, 11) is 0. The first-order valence-corrected chi connectivity index (χ1v) is 5.80. The van der Waals surface area contributed by atoms with Crippen LogP contribution in [0.4, 0.5) is 0 Å². The minimum Gasteiger partial charge on any atom is -0.352 e. The van der Waals surface area contributed by atoms with Crippen LogP contribution >= 0.6 is 0 Å². The molecule has 1 atom stereocenters. The van der Waals surface area contributed by atoms with Gasteiger partial charge in [0.1, 0.15) is 0 Å². The second-order valence-corrected chi connectivity index (χ2v) is 4.56. The van der Waals surface area contributed by atoms with Crippen LogP contribution in [0.25, 0.3) is 0 Å². The molecule has 0 saturated heterocycles. The molecule has 1 aromatic rings. The van der Waals surface area contributed by atoms with Gasteiger partial charge < -0.3 is 11.1 Å². The van der Waals surface area contributed by atoms with E-state index >= 15 is 0 Å². The molecule has 3 N–H and O–H groups in total. The van der Waals surface area contributed by atoms with Gasteiger partial charge in [-0.1, -0.05) is 12.1 Å². The molecule has 1 fully saturated rings. The predicted octanol–water partition coefficient (Wildman–Crippen LogP) is 1.85. The highest BCUT2D eigenvalue weighted by Crippen LogP contribution is 2.27. The van der Waals surface area contributed by atoms with E-state index < -0.39 is 0 Å². The Balaban J connectivity index is 1.94. The van der Waals surface area contributed by atoms with Crippen LogP contribution in [0.5, 0.6) is 0 Å². The first kappa shape index (κ1) is 11.1. The molecule has 2 rings (SSSR count). The minimum atomic E-state index is 0.0168.